The standard InChI is InChI=1S/C17H20N2O2/c20-12-13-6-2-1-3-11-19(13)17(21)15-7-4-9-16-14(15)8-5-10-18-16/h4-5,7-10,13,20H,1-3,6,11-12H2. The molecule has 4 nitrogen and oxygen atoms in total. The Morgan fingerprint density at radius 2 is 2.14 bits per heavy atom. The summed E-state index contributed by atoms with van der Waals surface area (Å²) in [7, 11) is 0. The topological polar surface area (TPSA) is 53.4 Å². The van der Waals surface area contributed by atoms with Crippen molar-refractivity contribution in [1.29, 1.82) is 0 Å². The van der Waals surface area contributed by atoms with Crippen LogP contribution in [0.2, 0.25) is 0 Å². The van der Waals surface area contributed by atoms with Gasteiger partial charge in [-0.25, -0.2) is 0 Å². The molecule has 1 N–H and O–H groups in total. The van der Waals surface area contributed by atoms with E-state index in [1.54, 1.807) is 6.20 Å². The Hall–Kier alpha value is -1.94. The van der Waals surface area contributed by atoms with Crippen molar-refractivity contribution in [3.05, 3.63) is 42.1 Å². The van der Waals surface area contributed by atoms with Gasteiger partial charge in [-0.05, 0) is 31.0 Å². The van der Waals surface area contributed by atoms with Crippen LogP contribution >= 0.6 is 0 Å². The van der Waals surface area contributed by atoms with E-state index in [1.165, 1.54) is 0 Å². The van der Waals surface area contributed by atoms with Crippen LogP contribution in [0.3, 0.4) is 0 Å². The van der Waals surface area contributed by atoms with Crippen molar-refractivity contribution in [1.82, 2.24) is 9.88 Å². The predicted octanol–water partition coefficient (Wildman–Crippen LogP) is 2.61. The number of aromatic nitrogens is 1. The Morgan fingerprint density at radius 1 is 1.24 bits per heavy atom. The molecule has 4 heteroatoms. The molecular weight excluding hydrogens is 264 g/mol. The third-order valence-corrected chi connectivity index (χ3v) is 4.22. The fourth-order valence-electron chi connectivity index (χ4n) is 3.08. The smallest absolute Gasteiger partial charge is 0.254 e. The van der Waals surface area contributed by atoms with Crippen LogP contribution in [0, 0.1) is 0 Å². The molecule has 0 aliphatic carbocycles. The lowest BCUT2D eigenvalue weighted by molar-refractivity contribution is 0.0602. The van der Waals surface area contributed by atoms with E-state index < -0.39 is 0 Å². The van der Waals surface area contributed by atoms with Gasteiger partial charge in [0, 0.05) is 23.7 Å². The Labute approximate surface area is 124 Å². The highest BCUT2D eigenvalue weighted by molar-refractivity contribution is 6.06. The molecule has 3 rings (SSSR count). The van der Waals surface area contributed by atoms with Gasteiger partial charge in [0.25, 0.3) is 5.91 Å². The van der Waals surface area contributed by atoms with E-state index in [2.05, 4.69) is 4.98 Å². The molecule has 2 heterocycles. The van der Waals surface area contributed by atoms with Crippen LogP contribution in [0.4, 0.5) is 0 Å². The minimum Gasteiger partial charge on any atom is -0.394 e. The molecule has 1 saturated heterocycles. The van der Waals surface area contributed by atoms with E-state index in [4.69, 9.17) is 0 Å². The second-order valence-electron chi connectivity index (χ2n) is 5.56. The summed E-state index contributed by atoms with van der Waals surface area (Å²) < 4.78 is 0. The van der Waals surface area contributed by atoms with Gasteiger partial charge in [-0.1, -0.05) is 25.0 Å². The van der Waals surface area contributed by atoms with Crippen molar-refractivity contribution in [2.75, 3.05) is 13.2 Å². The fourth-order valence-corrected chi connectivity index (χ4v) is 3.08. The highest BCUT2D eigenvalue weighted by atomic mass is 16.3. The highest BCUT2D eigenvalue weighted by Gasteiger charge is 2.26. The van der Waals surface area contributed by atoms with Crippen LogP contribution in [-0.2, 0) is 0 Å². The number of fused-ring (bicyclic) bond motifs is 1. The van der Waals surface area contributed by atoms with Gasteiger partial charge in [0.1, 0.15) is 0 Å². The number of carbonyl (C=O) groups excluding carboxylic acids is 1. The number of hydrogen-bond acceptors (Lipinski definition) is 3. The summed E-state index contributed by atoms with van der Waals surface area (Å²) in [5.74, 6) is 0.00884. The number of likely N-dealkylation sites (tertiary alicyclic amines) is 1. The van der Waals surface area contributed by atoms with Gasteiger partial charge < -0.3 is 10.0 Å². The van der Waals surface area contributed by atoms with E-state index in [-0.39, 0.29) is 18.6 Å². The van der Waals surface area contributed by atoms with Gasteiger partial charge >= 0.3 is 0 Å². The van der Waals surface area contributed by atoms with E-state index >= 15 is 0 Å². The van der Waals surface area contributed by atoms with Crippen molar-refractivity contribution in [3.63, 3.8) is 0 Å². The maximum Gasteiger partial charge on any atom is 0.254 e. The molecule has 0 spiro atoms. The lowest BCUT2D eigenvalue weighted by Gasteiger charge is -2.29. The summed E-state index contributed by atoms with van der Waals surface area (Å²) in [5, 5.41) is 10.5. The fraction of sp³-hybridized carbons (Fsp3) is 0.412. The highest BCUT2D eigenvalue weighted by Crippen LogP contribution is 2.23. The van der Waals surface area contributed by atoms with Crippen LogP contribution in [0.5, 0.6) is 0 Å². The molecule has 0 saturated carbocycles. The van der Waals surface area contributed by atoms with E-state index in [1.807, 2.05) is 35.2 Å². The molecule has 0 bridgehead atoms. The molecule has 0 radical (unpaired) electrons. The second-order valence-corrected chi connectivity index (χ2v) is 5.56. The van der Waals surface area contributed by atoms with Crippen LogP contribution in [-0.4, -0.2) is 40.1 Å². The summed E-state index contributed by atoms with van der Waals surface area (Å²) in [6.07, 6.45) is 5.82. The van der Waals surface area contributed by atoms with Crippen molar-refractivity contribution >= 4 is 16.8 Å². The molecule has 1 amide bonds. The maximum atomic E-state index is 12.9. The monoisotopic (exact) mass is 284 g/mol. The summed E-state index contributed by atoms with van der Waals surface area (Å²) in [4.78, 5) is 19.1. The molecule has 1 aromatic carbocycles. The average molecular weight is 284 g/mol. The number of pyridine rings is 1. The van der Waals surface area contributed by atoms with Gasteiger partial charge in [-0.15, -0.1) is 0 Å². The summed E-state index contributed by atoms with van der Waals surface area (Å²) in [6.45, 7) is 0.759. The van der Waals surface area contributed by atoms with Gasteiger partial charge in [-0.2, -0.15) is 0 Å². The third-order valence-electron chi connectivity index (χ3n) is 4.22. The summed E-state index contributed by atoms with van der Waals surface area (Å²) in [6, 6.07) is 9.36. The van der Waals surface area contributed by atoms with Crippen molar-refractivity contribution in [3.8, 4) is 0 Å². The molecule has 2 aromatic rings. The third kappa shape index (κ3) is 2.76. The Morgan fingerprint density at radius 3 is 3.00 bits per heavy atom. The molecule has 1 aliphatic rings. The normalized spacial score (nSPS) is 19.5. The van der Waals surface area contributed by atoms with Crippen molar-refractivity contribution in [2.45, 2.75) is 31.7 Å². The van der Waals surface area contributed by atoms with Crippen LogP contribution in [0.25, 0.3) is 10.9 Å². The minimum atomic E-state index is -0.0630. The quantitative estimate of drug-likeness (QED) is 0.922. The SMILES string of the molecule is O=C(c1cccc2ncccc12)N1CCCCCC1CO. The molecule has 21 heavy (non-hydrogen) atoms. The first-order chi connectivity index (χ1) is 10.3. The number of amides is 1. The van der Waals surface area contributed by atoms with Gasteiger partial charge in [0.15, 0.2) is 0 Å². The minimum absolute atomic E-state index is 0.00884. The average Bonchev–Trinajstić information content (AvgIpc) is 2.79. The zero-order valence-corrected chi connectivity index (χ0v) is 12.0. The van der Waals surface area contributed by atoms with Gasteiger partial charge in [0.05, 0.1) is 18.2 Å². The lowest BCUT2D eigenvalue weighted by Crippen LogP contribution is -2.42. The van der Waals surface area contributed by atoms with E-state index in [9.17, 15) is 9.90 Å². The first-order valence-electron chi connectivity index (χ1n) is 7.57. The first kappa shape index (κ1) is 14.0. The number of nitrogens with zero attached hydrogens (tertiary/aromatic N) is 2. The number of carbonyl (C=O) groups is 1. The molecular formula is C17H20N2O2. The molecule has 1 atom stereocenters. The number of hydrogen-bond donors (Lipinski definition) is 1. The Kier molecular flexibility index (Phi) is 4.15. The zero-order chi connectivity index (χ0) is 14.7. The lowest BCUT2D eigenvalue weighted by atomic mass is 10.1. The molecule has 110 valence electrons. The molecule has 1 aromatic heterocycles. The van der Waals surface area contributed by atoms with Crippen molar-refractivity contribution < 1.29 is 9.90 Å². The summed E-state index contributed by atoms with van der Waals surface area (Å²) in [5.41, 5.74) is 1.51. The number of benzene rings is 1. The Bertz CT molecular complexity index is 636. The maximum absolute atomic E-state index is 12.9. The zero-order valence-electron chi connectivity index (χ0n) is 12.0. The number of aliphatic hydroxyl groups is 1. The largest absolute Gasteiger partial charge is 0.394 e. The van der Waals surface area contributed by atoms with Gasteiger partial charge in [0.2, 0.25) is 0 Å². The number of rotatable bonds is 2. The Balaban J connectivity index is 1.99. The van der Waals surface area contributed by atoms with Crippen LogP contribution in [0.15, 0.2) is 36.5 Å². The molecule has 1 aliphatic heterocycles. The van der Waals surface area contributed by atoms with E-state index in [0.29, 0.717) is 5.56 Å². The first-order valence-corrected chi connectivity index (χ1v) is 7.57. The molecule has 1 fully saturated rings. The van der Waals surface area contributed by atoms with Gasteiger partial charge in [-0.3, -0.25) is 9.78 Å². The van der Waals surface area contributed by atoms with Crippen LogP contribution < -0.4 is 0 Å². The van der Waals surface area contributed by atoms with Crippen molar-refractivity contribution in [2.24, 2.45) is 0 Å². The second kappa shape index (κ2) is 6.22. The summed E-state index contributed by atoms with van der Waals surface area (Å²) >= 11 is 0. The number of aliphatic hydroxyl groups excluding tert-OH is 1. The predicted molar refractivity (Wildman–Crippen MR) is 82.1 cm³/mol. The van der Waals surface area contributed by atoms with Crippen LogP contribution in [0.1, 0.15) is 36.0 Å². The molecule has 1 unspecified atom stereocenters. The van der Waals surface area contributed by atoms with E-state index in [0.717, 1.165) is 43.1 Å².